The number of nitrogens with zero attached hydrogens (tertiary/aromatic N) is 1. The van der Waals surface area contributed by atoms with Gasteiger partial charge < -0.3 is 19.8 Å². The van der Waals surface area contributed by atoms with Crippen LogP contribution in [0.25, 0.3) is 0 Å². The Bertz CT molecular complexity index is 576. The highest BCUT2D eigenvalue weighted by Crippen LogP contribution is 2.37. The predicted octanol–water partition coefficient (Wildman–Crippen LogP) is 0.929. The number of carbonyl (C=O) groups excluding carboxylic acids is 2. The van der Waals surface area contributed by atoms with Crippen molar-refractivity contribution < 1.29 is 24.5 Å². The number of hydrogen-bond acceptors (Lipinski definition) is 5. The van der Waals surface area contributed by atoms with Crippen LogP contribution < -0.4 is 4.74 Å². The second-order valence-corrected chi connectivity index (χ2v) is 4.41. The van der Waals surface area contributed by atoms with Gasteiger partial charge >= 0.3 is 0 Å². The first-order chi connectivity index (χ1) is 9.51. The molecular weight excluding hydrogens is 262 g/mol. The van der Waals surface area contributed by atoms with E-state index in [-0.39, 0.29) is 5.57 Å². The van der Waals surface area contributed by atoms with Crippen molar-refractivity contribution in [3.63, 3.8) is 0 Å². The molecule has 0 unspecified atom stereocenters. The minimum absolute atomic E-state index is 0.00535. The quantitative estimate of drug-likeness (QED) is 0.855. The number of ether oxygens (including phenoxy) is 1. The molecule has 1 aliphatic rings. The highest BCUT2D eigenvalue weighted by atomic mass is 16.5. The molecule has 6 heteroatoms. The Balaban J connectivity index is 2.49. The van der Waals surface area contributed by atoms with E-state index in [1.165, 1.54) is 14.0 Å². The molecule has 6 nitrogen and oxygen atoms in total. The van der Waals surface area contributed by atoms with Crippen molar-refractivity contribution in [2.75, 3.05) is 13.8 Å². The molecule has 1 amide bonds. The topological polar surface area (TPSA) is 87.1 Å². The van der Waals surface area contributed by atoms with Crippen molar-refractivity contribution in [3.8, 4) is 5.75 Å². The number of ketones is 1. The highest BCUT2D eigenvalue weighted by Gasteiger charge is 2.41. The number of aliphatic hydroxyl groups excluding tert-OH is 2. The van der Waals surface area contributed by atoms with Crippen LogP contribution in [0.4, 0.5) is 0 Å². The summed E-state index contributed by atoms with van der Waals surface area (Å²) >= 11 is 0. The predicted molar refractivity (Wildman–Crippen MR) is 70.0 cm³/mol. The first-order valence-electron chi connectivity index (χ1n) is 6.01. The molecule has 0 saturated carbocycles. The minimum Gasteiger partial charge on any atom is -0.503 e. The third-order valence-corrected chi connectivity index (χ3v) is 3.27. The fraction of sp³-hybridized carbons (Fsp3) is 0.286. The monoisotopic (exact) mass is 277 g/mol. The molecule has 2 rings (SSSR count). The Labute approximate surface area is 115 Å². The molecule has 0 saturated heterocycles. The fourth-order valence-electron chi connectivity index (χ4n) is 2.29. The van der Waals surface area contributed by atoms with Gasteiger partial charge in [0.2, 0.25) is 0 Å². The Morgan fingerprint density at radius 3 is 2.40 bits per heavy atom. The first kappa shape index (κ1) is 14.1. The zero-order chi connectivity index (χ0) is 14.9. The lowest BCUT2D eigenvalue weighted by Gasteiger charge is -2.24. The van der Waals surface area contributed by atoms with Crippen LogP contribution >= 0.6 is 0 Å². The summed E-state index contributed by atoms with van der Waals surface area (Å²) < 4.78 is 5.04. The molecular formula is C14H15NO5. The molecule has 1 aromatic carbocycles. The summed E-state index contributed by atoms with van der Waals surface area (Å²) in [6.45, 7) is 0.687. The van der Waals surface area contributed by atoms with Gasteiger partial charge in [-0.25, -0.2) is 0 Å². The van der Waals surface area contributed by atoms with E-state index in [2.05, 4.69) is 0 Å². The van der Waals surface area contributed by atoms with E-state index in [4.69, 9.17) is 4.74 Å². The van der Waals surface area contributed by atoms with Crippen LogP contribution in [-0.2, 0) is 9.59 Å². The average Bonchev–Trinajstić information content (AvgIpc) is 2.71. The molecule has 0 spiro atoms. The maximum atomic E-state index is 11.8. The summed E-state index contributed by atoms with van der Waals surface area (Å²) in [4.78, 5) is 24.5. The Morgan fingerprint density at radius 1 is 1.35 bits per heavy atom. The normalized spacial score (nSPS) is 18.6. The van der Waals surface area contributed by atoms with Crippen LogP contribution in [0.5, 0.6) is 5.75 Å². The summed E-state index contributed by atoms with van der Waals surface area (Å²) in [5.74, 6) is -1.13. The van der Waals surface area contributed by atoms with Crippen molar-refractivity contribution in [3.05, 3.63) is 41.2 Å². The van der Waals surface area contributed by atoms with E-state index in [1.54, 1.807) is 24.3 Å². The average molecular weight is 277 g/mol. The summed E-state index contributed by atoms with van der Waals surface area (Å²) in [6.07, 6.45) is 0. The second kappa shape index (κ2) is 5.34. The molecule has 106 valence electrons. The van der Waals surface area contributed by atoms with Crippen molar-refractivity contribution in [1.29, 1.82) is 0 Å². The summed E-state index contributed by atoms with van der Waals surface area (Å²) in [5, 5.41) is 19.1. The Hall–Kier alpha value is -2.34. The molecule has 1 aliphatic heterocycles. The van der Waals surface area contributed by atoms with Gasteiger partial charge in [0.05, 0.1) is 18.7 Å². The number of amides is 1. The van der Waals surface area contributed by atoms with Gasteiger partial charge in [-0.05, 0) is 24.6 Å². The standard InChI is InChI=1S/C14H15NO5/c1-8(17)11-12(15(7-16)14(19)13(11)18)9-3-5-10(20-2)6-4-9/h3-6,12,16,18H,7H2,1-2H3/t12-/m1/s1. The van der Waals surface area contributed by atoms with Gasteiger partial charge in [-0.1, -0.05) is 12.1 Å². The molecule has 0 radical (unpaired) electrons. The van der Waals surface area contributed by atoms with E-state index >= 15 is 0 Å². The van der Waals surface area contributed by atoms with E-state index in [0.29, 0.717) is 11.3 Å². The van der Waals surface area contributed by atoms with Crippen LogP contribution in [0, 0.1) is 0 Å². The molecule has 0 bridgehead atoms. The van der Waals surface area contributed by atoms with Crippen molar-refractivity contribution in [1.82, 2.24) is 4.90 Å². The number of Topliss-reactive ketones (excluding diaryl/α,β-unsaturated/α-hetero) is 1. The van der Waals surface area contributed by atoms with Gasteiger partial charge in [0.1, 0.15) is 12.5 Å². The minimum atomic E-state index is -0.782. The Kier molecular flexibility index (Phi) is 3.76. The number of carbonyl (C=O) groups is 2. The number of hydrogen-bond donors (Lipinski definition) is 2. The van der Waals surface area contributed by atoms with E-state index in [0.717, 1.165) is 4.90 Å². The SMILES string of the molecule is COc1ccc([C@@H]2C(C(C)=O)=C(O)C(=O)N2CO)cc1. The molecule has 20 heavy (non-hydrogen) atoms. The molecule has 2 N–H and O–H groups in total. The zero-order valence-corrected chi connectivity index (χ0v) is 11.2. The summed E-state index contributed by atoms with van der Waals surface area (Å²) in [7, 11) is 1.53. The smallest absolute Gasteiger partial charge is 0.291 e. The first-order valence-corrected chi connectivity index (χ1v) is 6.01. The molecule has 1 atom stereocenters. The maximum absolute atomic E-state index is 11.8. The lowest BCUT2D eigenvalue weighted by Crippen LogP contribution is -2.31. The van der Waals surface area contributed by atoms with Crippen LogP contribution in [0.2, 0.25) is 0 Å². The summed E-state index contributed by atoms with van der Waals surface area (Å²) in [6, 6.07) is 5.95. The van der Waals surface area contributed by atoms with Crippen molar-refractivity contribution >= 4 is 11.7 Å². The zero-order valence-electron chi connectivity index (χ0n) is 11.2. The van der Waals surface area contributed by atoms with Crippen molar-refractivity contribution in [2.45, 2.75) is 13.0 Å². The highest BCUT2D eigenvalue weighted by molar-refractivity contribution is 6.08. The van der Waals surface area contributed by atoms with E-state index in [1.807, 2.05) is 0 Å². The van der Waals surface area contributed by atoms with E-state index < -0.39 is 30.2 Å². The second-order valence-electron chi connectivity index (χ2n) is 4.41. The number of methoxy groups -OCH3 is 1. The van der Waals surface area contributed by atoms with Crippen LogP contribution in [0.15, 0.2) is 35.6 Å². The van der Waals surface area contributed by atoms with Gasteiger partial charge in [0.25, 0.3) is 5.91 Å². The molecule has 0 fully saturated rings. The largest absolute Gasteiger partial charge is 0.503 e. The third-order valence-electron chi connectivity index (χ3n) is 3.27. The van der Waals surface area contributed by atoms with Gasteiger partial charge in [0, 0.05) is 0 Å². The van der Waals surface area contributed by atoms with Crippen LogP contribution in [-0.4, -0.2) is 40.6 Å². The third kappa shape index (κ3) is 2.14. The number of rotatable bonds is 4. The molecule has 0 aromatic heterocycles. The number of aliphatic hydroxyl groups is 2. The molecule has 1 aromatic rings. The molecule has 0 aliphatic carbocycles. The van der Waals surface area contributed by atoms with E-state index in [9.17, 15) is 19.8 Å². The van der Waals surface area contributed by atoms with Gasteiger partial charge in [-0.2, -0.15) is 0 Å². The molecule has 1 heterocycles. The van der Waals surface area contributed by atoms with Crippen molar-refractivity contribution in [2.24, 2.45) is 0 Å². The van der Waals surface area contributed by atoms with Gasteiger partial charge in [-0.3, -0.25) is 9.59 Å². The lowest BCUT2D eigenvalue weighted by molar-refractivity contribution is -0.133. The maximum Gasteiger partial charge on any atom is 0.291 e. The van der Waals surface area contributed by atoms with Crippen LogP contribution in [0.1, 0.15) is 18.5 Å². The fourth-order valence-corrected chi connectivity index (χ4v) is 2.29. The lowest BCUT2D eigenvalue weighted by atomic mass is 9.97. The van der Waals surface area contributed by atoms with Gasteiger partial charge in [0.15, 0.2) is 11.5 Å². The summed E-state index contributed by atoms with van der Waals surface area (Å²) in [5.41, 5.74) is 0.608. The Morgan fingerprint density at radius 2 is 1.95 bits per heavy atom. The van der Waals surface area contributed by atoms with Gasteiger partial charge in [-0.15, -0.1) is 0 Å². The number of benzene rings is 1. The van der Waals surface area contributed by atoms with Crippen LogP contribution in [0.3, 0.4) is 0 Å².